The van der Waals surface area contributed by atoms with Crippen molar-refractivity contribution in [2.45, 2.75) is 69.4 Å². The van der Waals surface area contributed by atoms with Crippen LogP contribution in [0.2, 0.25) is 0 Å². The highest BCUT2D eigenvalue weighted by Gasteiger charge is 2.26. The molecule has 2 unspecified atom stereocenters. The number of rotatable bonds is 6. The van der Waals surface area contributed by atoms with Crippen molar-refractivity contribution >= 4 is 11.8 Å². The van der Waals surface area contributed by atoms with Crippen molar-refractivity contribution in [3.05, 3.63) is 11.7 Å². The molecule has 0 spiro atoms. The summed E-state index contributed by atoms with van der Waals surface area (Å²) in [7, 11) is 0. The third kappa shape index (κ3) is 3.96. The van der Waals surface area contributed by atoms with Gasteiger partial charge in [0.1, 0.15) is 0 Å². The summed E-state index contributed by atoms with van der Waals surface area (Å²) in [6, 6.07) is 0.0378. The topological polar surface area (TPSA) is 64.9 Å². The quantitative estimate of drug-likeness (QED) is 0.867. The maximum Gasteiger partial charge on any atom is 0.231 e. The summed E-state index contributed by atoms with van der Waals surface area (Å²) in [6.07, 6.45) is 5.41. The molecular weight excluding hydrogens is 258 g/mol. The molecule has 5 heteroatoms. The Morgan fingerprint density at radius 1 is 1.32 bits per heavy atom. The van der Waals surface area contributed by atoms with Crippen molar-refractivity contribution in [1.29, 1.82) is 0 Å². The Bertz CT molecular complexity index is 378. The fourth-order valence-corrected chi connectivity index (χ4v) is 3.99. The first kappa shape index (κ1) is 14.9. The first-order valence-corrected chi connectivity index (χ1v) is 8.32. The minimum absolute atomic E-state index is 0.0378. The van der Waals surface area contributed by atoms with Gasteiger partial charge >= 0.3 is 0 Å². The van der Waals surface area contributed by atoms with Gasteiger partial charge < -0.3 is 10.3 Å². The molecule has 19 heavy (non-hydrogen) atoms. The fraction of sp³-hybridized carbons (Fsp3) is 0.857. The number of hydrogen-bond acceptors (Lipinski definition) is 5. The highest BCUT2D eigenvalue weighted by molar-refractivity contribution is 7.99. The minimum atomic E-state index is 0.0378. The summed E-state index contributed by atoms with van der Waals surface area (Å²) in [4.78, 5) is 4.54. The summed E-state index contributed by atoms with van der Waals surface area (Å²) in [5.41, 5.74) is 6.02. The Labute approximate surface area is 119 Å². The molecule has 0 saturated heterocycles. The molecule has 1 fully saturated rings. The molecule has 0 bridgehead atoms. The van der Waals surface area contributed by atoms with Gasteiger partial charge in [0.2, 0.25) is 5.89 Å². The lowest BCUT2D eigenvalue weighted by atomic mass is 9.90. The molecule has 2 atom stereocenters. The molecular formula is C14H25N3OS. The minimum Gasteiger partial charge on any atom is -0.339 e. The molecule has 0 radical (unpaired) electrons. The van der Waals surface area contributed by atoms with Crippen LogP contribution in [0.25, 0.3) is 0 Å². The van der Waals surface area contributed by atoms with Crippen LogP contribution in [0.1, 0.15) is 64.1 Å². The molecule has 1 saturated carbocycles. The van der Waals surface area contributed by atoms with Crippen molar-refractivity contribution < 1.29 is 4.52 Å². The number of aromatic nitrogens is 2. The van der Waals surface area contributed by atoms with E-state index in [1.807, 2.05) is 18.7 Å². The summed E-state index contributed by atoms with van der Waals surface area (Å²) in [5.74, 6) is 2.94. The third-order valence-corrected chi connectivity index (χ3v) is 5.17. The molecule has 2 N–H and O–H groups in total. The Kier molecular flexibility index (Phi) is 5.28. The van der Waals surface area contributed by atoms with Crippen LogP contribution in [0, 0.1) is 5.92 Å². The lowest BCUT2D eigenvalue weighted by molar-refractivity contribution is 0.299. The predicted octanol–water partition coefficient (Wildman–Crippen LogP) is 3.33. The van der Waals surface area contributed by atoms with Crippen molar-refractivity contribution in [3.8, 4) is 0 Å². The molecule has 108 valence electrons. The number of nitrogens with zero attached hydrogens (tertiary/aromatic N) is 2. The van der Waals surface area contributed by atoms with Crippen LogP contribution < -0.4 is 5.73 Å². The Morgan fingerprint density at radius 3 is 2.58 bits per heavy atom. The highest BCUT2D eigenvalue weighted by atomic mass is 32.2. The second kappa shape index (κ2) is 6.75. The average molecular weight is 283 g/mol. The van der Waals surface area contributed by atoms with Crippen LogP contribution in [0.4, 0.5) is 0 Å². The number of thioether (sulfide) groups is 1. The highest BCUT2D eigenvalue weighted by Crippen LogP contribution is 2.32. The number of nitrogens with two attached hydrogens (primary N) is 1. The van der Waals surface area contributed by atoms with E-state index in [4.69, 9.17) is 10.3 Å². The summed E-state index contributed by atoms with van der Waals surface area (Å²) in [6.45, 7) is 6.29. The van der Waals surface area contributed by atoms with Crippen molar-refractivity contribution in [3.63, 3.8) is 0 Å². The maximum atomic E-state index is 6.02. The van der Waals surface area contributed by atoms with E-state index in [1.165, 1.54) is 25.7 Å². The molecule has 1 aromatic heterocycles. The van der Waals surface area contributed by atoms with Gasteiger partial charge in [0.05, 0.1) is 11.7 Å². The first-order valence-electron chi connectivity index (χ1n) is 7.27. The van der Waals surface area contributed by atoms with Gasteiger partial charge in [0, 0.05) is 11.3 Å². The summed E-state index contributed by atoms with van der Waals surface area (Å²) in [5, 5.41) is 4.89. The van der Waals surface area contributed by atoms with Gasteiger partial charge in [-0.05, 0) is 25.7 Å². The molecule has 1 aliphatic rings. The van der Waals surface area contributed by atoms with Crippen LogP contribution in [-0.2, 0) is 5.75 Å². The van der Waals surface area contributed by atoms with E-state index in [9.17, 15) is 0 Å². The van der Waals surface area contributed by atoms with E-state index >= 15 is 0 Å². The van der Waals surface area contributed by atoms with Gasteiger partial charge in [-0.3, -0.25) is 0 Å². The van der Waals surface area contributed by atoms with Gasteiger partial charge in [0.25, 0.3) is 0 Å². The molecule has 0 amide bonds. The van der Waals surface area contributed by atoms with E-state index in [1.54, 1.807) is 0 Å². The smallest absolute Gasteiger partial charge is 0.231 e. The summed E-state index contributed by atoms with van der Waals surface area (Å²) >= 11 is 1.96. The van der Waals surface area contributed by atoms with Gasteiger partial charge in [-0.25, -0.2) is 0 Å². The Hall–Kier alpha value is -0.550. The van der Waals surface area contributed by atoms with Crippen LogP contribution in [-0.4, -0.2) is 21.4 Å². The molecule has 1 aliphatic carbocycles. The molecule has 1 aromatic rings. The van der Waals surface area contributed by atoms with Crippen LogP contribution >= 0.6 is 11.8 Å². The van der Waals surface area contributed by atoms with Crippen LogP contribution in [0.15, 0.2) is 4.52 Å². The molecule has 4 nitrogen and oxygen atoms in total. The van der Waals surface area contributed by atoms with Gasteiger partial charge in [-0.15, -0.1) is 0 Å². The molecule has 0 aliphatic heterocycles. The second-order valence-corrected chi connectivity index (χ2v) is 7.18. The second-order valence-electron chi connectivity index (χ2n) is 5.90. The number of hydrogen-bond donors (Lipinski definition) is 1. The van der Waals surface area contributed by atoms with Gasteiger partial charge in [-0.1, -0.05) is 31.8 Å². The van der Waals surface area contributed by atoms with E-state index in [0.717, 1.165) is 16.8 Å². The van der Waals surface area contributed by atoms with Crippen LogP contribution in [0.3, 0.4) is 0 Å². The molecule has 1 heterocycles. The van der Waals surface area contributed by atoms with Crippen molar-refractivity contribution in [2.24, 2.45) is 11.7 Å². The molecule has 2 rings (SSSR count). The third-order valence-electron chi connectivity index (χ3n) is 3.80. The zero-order chi connectivity index (χ0) is 13.8. The van der Waals surface area contributed by atoms with E-state index in [2.05, 4.69) is 24.0 Å². The van der Waals surface area contributed by atoms with Gasteiger partial charge in [-0.2, -0.15) is 16.7 Å². The van der Waals surface area contributed by atoms with Crippen LogP contribution in [0.5, 0.6) is 0 Å². The van der Waals surface area contributed by atoms with Gasteiger partial charge in [0.15, 0.2) is 5.82 Å². The monoisotopic (exact) mass is 283 g/mol. The van der Waals surface area contributed by atoms with Crippen molar-refractivity contribution in [1.82, 2.24) is 10.1 Å². The Balaban J connectivity index is 1.93. The largest absolute Gasteiger partial charge is 0.339 e. The predicted molar refractivity (Wildman–Crippen MR) is 79.1 cm³/mol. The zero-order valence-corrected chi connectivity index (χ0v) is 12.9. The standard InChI is InChI=1S/C14H25N3OS/c1-9(2)13(10(3)15)14-16-12(17-18-14)8-19-11-6-4-5-7-11/h9-11,13H,4-8,15H2,1-3H3. The van der Waals surface area contributed by atoms with E-state index in [-0.39, 0.29) is 12.0 Å². The zero-order valence-electron chi connectivity index (χ0n) is 12.1. The normalized spacial score (nSPS) is 20.1. The lowest BCUT2D eigenvalue weighted by Crippen LogP contribution is -2.28. The summed E-state index contributed by atoms with van der Waals surface area (Å²) < 4.78 is 5.41. The first-order chi connectivity index (χ1) is 9.08. The van der Waals surface area contributed by atoms with E-state index in [0.29, 0.717) is 11.8 Å². The lowest BCUT2D eigenvalue weighted by Gasteiger charge is -2.20. The SMILES string of the molecule is CC(C)C(c1nc(CSC2CCCC2)no1)C(C)N. The Morgan fingerprint density at radius 2 is 2.00 bits per heavy atom. The molecule has 0 aromatic carbocycles. The average Bonchev–Trinajstić information content (AvgIpc) is 2.95. The van der Waals surface area contributed by atoms with E-state index < -0.39 is 0 Å². The maximum absolute atomic E-state index is 6.02. The van der Waals surface area contributed by atoms with Crippen molar-refractivity contribution in [2.75, 3.05) is 0 Å². The fourth-order valence-electron chi connectivity index (χ4n) is 2.83.